The van der Waals surface area contributed by atoms with Crippen LogP contribution in [0.5, 0.6) is 0 Å². The minimum Gasteiger partial charge on any atom is -0.382 e. The van der Waals surface area contributed by atoms with Gasteiger partial charge >= 0.3 is 0 Å². The molecule has 4 rings (SSSR count). The largest absolute Gasteiger partial charge is 0.382 e. The smallest absolute Gasteiger partial charge is 0.168 e. The second-order valence-electron chi connectivity index (χ2n) is 9.19. The van der Waals surface area contributed by atoms with Crippen molar-refractivity contribution in [2.75, 3.05) is 20.3 Å². The second-order valence-corrected chi connectivity index (χ2v) is 16.5. The van der Waals surface area contributed by atoms with E-state index in [1.807, 2.05) is 0 Å². The van der Waals surface area contributed by atoms with Crippen LogP contribution >= 0.6 is 7.92 Å². The predicted octanol–water partition coefficient (Wildman–Crippen LogP) is 5.21. The zero-order valence-electron chi connectivity index (χ0n) is 19.0. The topological polar surface area (TPSA) is 27.7 Å². The van der Waals surface area contributed by atoms with Crippen molar-refractivity contribution >= 4 is 26.6 Å². The highest BCUT2D eigenvalue weighted by Crippen LogP contribution is 2.54. The van der Waals surface area contributed by atoms with Gasteiger partial charge in [-0.25, -0.2) is 0 Å². The summed E-state index contributed by atoms with van der Waals surface area (Å²) in [5, 5.41) is 5.70. The molecule has 0 radical (unpaired) electrons. The Morgan fingerprint density at radius 1 is 0.935 bits per heavy atom. The molecule has 1 fully saturated rings. The molecular formula is C26H33O3PSi. The molecule has 3 atom stereocenters. The van der Waals surface area contributed by atoms with Gasteiger partial charge in [-0.05, 0) is 30.3 Å². The average molecular weight is 453 g/mol. The molecular weight excluding hydrogens is 419 g/mol. The van der Waals surface area contributed by atoms with Crippen LogP contribution in [0, 0.1) is 5.92 Å². The highest BCUT2D eigenvalue weighted by Gasteiger charge is 2.43. The van der Waals surface area contributed by atoms with Gasteiger partial charge in [0.15, 0.2) is 6.29 Å². The van der Waals surface area contributed by atoms with Crippen molar-refractivity contribution in [1.29, 1.82) is 0 Å². The Morgan fingerprint density at radius 3 is 2.10 bits per heavy atom. The number of rotatable bonds is 7. The van der Waals surface area contributed by atoms with Crippen LogP contribution in [0.4, 0.5) is 0 Å². The molecule has 0 bridgehead atoms. The quantitative estimate of drug-likeness (QED) is 0.426. The van der Waals surface area contributed by atoms with Gasteiger partial charge in [-0.1, -0.05) is 97.7 Å². The summed E-state index contributed by atoms with van der Waals surface area (Å²) in [5.41, 5.74) is 0. The van der Waals surface area contributed by atoms with Crippen LogP contribution in [0.25, 0.3) is 0 Å². The molecule has 1 heterocycles. The average Bonchev–Trinajstić information content (AvgIpc) is 3.21. The van der Waals surface area contributed by atoms with Crippen molar-refractivity contribution in [3.05, 3.63) is 83.3 Å². The van der Waals surface area contributed by atoms with Crippen LogP contribution in [-0.2, 0) is 14.2 Å². The third kappa shape index (κ3) is 5.10. The normalized spacial score (nSPS) is 24.2. The lowest BCUT2D eigenvalue weighted by molar-refractivity contribution is -0.231. The van der Waals surface area contributed by atoms with Crippen LogP contribution < -0.4 is 10.6 Å². The summed E-state index contributed by atoms with van der Waals surface area (Å²) >= 11 is 0. The van der Waals surface area contributed by atoms with Gasteiger partial charge < -0.3 is 14.2 Å². The van der Waals surface area contributed by atoms with Crippen LogP contribution in [0.2, 0.25) is 19.6 Å². The fraction of sp³-hybridized carbons (Fsp3) is 0.385. The molecule has 31 heavy (non-hydrogen) atoms. The molecule has 0 spiro atoms. The summed E-state index contributed by atoms with van der Waals surface area (Å²) < 4.78 is 18.2. The first kappa shape index (κ1) is 22.6. The number of benzene rings is 2. The Labute approximate surface area is 188 Å². The Bertz CT molecular complexity index is 879. The standard InChI is InChI=1S/C26H33O3PSi/c1-27-19-20-17-18-28-26(29-20)25-23(15-16-24(25)31(2,3)4)30(21-11-7-5-8-12-21)22-13-9-6-10-14-22/h5-16,20,25-26H,17-19H2,1-4H3/t20-,25?,26?/m0/s1. The first-order valence-corrected chi connectivity index (χ1v) is 15.9. The first-order valence-electron chi connectivity index (χ1n) is 11.1. The van der Waals surface area contributed by atoms with E-state index in [-0.39, 0.29) is 18.3 Å². The van der Waals surface area contributed by atoms with Gasteiger partial charge in [-0.3, -0.25) is 0 Å². The van der Waals surface area contributed by atoms with Gasteiger partial charge in [0.1, 0.15) is 0 Å². The monoisotopic (exact) mass is 452 g/mol. The van der Waals surface area contributed by atoms with Crippen LogP contribution in [0.3, 0.4) is 0 Å². The number of methoxy groups -OCH3 is 1. The van der Waals surface area contributed by atoms with E-state index >= 15 is 0 Å². The van der Waals surface area contributed by atoms with Gasteiger partial charge in [0, 0.05) is 7.11 Å². The molecule has 3 nitrogen and oxygen atoms in total. The van der Waals surface area contributed by atoms with Crippen LogP contribution in [0.1, 0.15) is 6.42 Å². The second kappa shape index (κ2) is 9.93. The van der Waals surface area contributed by atoms with Crippen molar-refractivity contribution < 1.29 is 14.2 Å². The van der Waals surface area contributed by atoms with Crippen molar-refractivity contribution in [2.45, 2.75) is 38.5 Å². The van der Waals surface area contributed by atoms with E-state index in [2.05, 4.69) is 92.5 Å². The lowest BCUT2D eigenvalue weighted by Crippen LogP contribution is -2.43. The Hall–Kier alpha value is -1.55. The SMILES string of the molecule is COC[C@@H]1CCOC(C2C(P(c3ccccc3)c3ccccc3)=CC=C2[Si](C)(C)C)O1. The van der Waals surface area contributed by atoms with E-state index in [0.29, 0.717) is 6.61 Å². The summed E-state index contributed by atoms with van der Waals surface area (Å²) in [7, 11) is -0.503. The molecule has 2 aromatic rings. The van der Waals surface area contributed by atoms with Crippen LogP contribution in [0.15, 0.2) is 83.3 Å². The third-order valence-corrected chi connectivity index (χ3v) is 10.7. The van der Waals surface area contributed by atoms with Crippen LogP contribution in [-0.4, -0.2) is 40.8 Å². The molecule has 2 aliphatic rings. The maximum Gasteiger partial charge on any atom is 0.168 e. The summed E-state index contributed by atoms with van der Waals surface area (Å²) in [6.07, 6.45) is 5.47. The highest BCUT2D eigenvalue weighted by molar-refractivity contribution is 7.76. The molecule has 0 aromatic heterocycles. The van der Waals surface area contributed by atoms with Gasteiger partial charge in [0.05, 0.1) is 33.3 Å². The van der Waals surface area contributed by atoms with E-state index in [4.69, 9.17) is 14.2 Å². The van der Waals surface area contributed by atoms with Crippen molar-refractivity contribution in [3.8, 4) is 0 Å². The molecule has 1 aliphatic heterocycles. The molecule has 1 aliphatic carbocycles. The molecule has 2 aromatic carbocycles. The predicted molar refractivity (Wildman–Crippen MR) is 133 cm³/mol. The van der Waals surface area contributed by atoms with E-state index < -0.39 is 16.0 Å². The molecule has 1 saturated heterocycles. The molecule has 2 unspecified atom stereocenters. The highest BCUT2D eigenvalue weighted by atomic mass is 31.1. The number of hydrogen-bond acceptors (Lipinski definition) is 3. The minimum atomic E-state index is -1.57. The van der Waals surface area contributed by atoms with Crippen molar-refractivity contribution in [3.63, 3.8) is 0 Å². The third-order valence-electron chi connectivity index (χ3n) is 5.91. The summed E-state index contributed by atoms with van der Waals surface area (Å²) in [4.78, 5) is 0. The fourth-order valence-corrected chi connectivity index (χ4v) is 8.98. The first-order chi connectivity index (χ1) is 15.0. The van der Waals surface area contributed by atoms with Crippen molar-refractivity contribution in [2.24, 2.45) is 5.92 Å². The summed E-state index contributed by atoms with van der Waals surface area (Å²) in [5.74, 6) is 0.165. The van der Waals surface area contributed by atoms with Gasteiger partial charge in [0.2, 0.25) is 0 Å². The lowest BCUT2D eigenvalue weighted by atomic mass is 10.1. The maximum atomic E-state index is 6.49. The number of allylic oxidation sites excluding steroid dienone is 2. The number of hydrogen-bond donors (Lipinski definition) is 0. The minimum absolute atomic E-state index is 0.0909. The molecule has 0 saturated carbocycles. The molecule has 0 N–H and O–H groups in total. The van der Waals surface area contributed by atoms with Gasteiger partial charge in [-0.2, -0.15) is 0 Å². The Kier molecular flexibility index (Phi) is 7.25. The van der Waals surface area contributed by atoms with E-state index in [0.717, 1.165) is 13.0 Å². The molecule has 5 heteroatoms. The molecule has 164 valence electrons. The number of ether oxygens (including phenoxy) is 3. The van der Waals surface area contributed by atoms with Gasteiger partial charge in [0.25, 0.3) is 0 Å². The maximum absolute atomic E-state index is 6.49. The van der Waals surface area contributed by atoms with E-state index in [9.17, 15) is 0 Å². The van der Waals surface area contributed by atoms with Gasteiger partial charge in [-0.15, -0.1) is 0 Å². The Morgan fingerprint density at radius 2 is 1.55 bits per heavy atom. The lowest BCUT2D eigenvalue weighted by Gasteiger charge is -2.40. The Balaban J connectivity index is 1.75. The summed E-state index contributed by atoms with van der Waals surface area (Å²) in [6, 6.07) is 21.8. The van der Waals surface area contributed by atoms with E-state index in [1.165, 1.54) is 21.1 Å². The molecule has 0 amide bonds. The zero-order valence-corrected chi connectivity index (χ0v) is 20.8. The van der Waals surface area contributed by atoms with E-state index in [1.54, 1.807) is 7.11 Å². The zero-order chi connectivity index (χ0) is 21.8. The van der Waals surface area contributed by atoms with Crippen molar-refractivity contribution in [1.82, 2.24) is 0 Å². The fourth-order valence-electron chi connectivity index (χ4n) is 4.46. The summed E-state index contributed by atoms with van der Waals surface area (Å²) in [6.45, 7) is 8.60.